The Morgan fingerprint density at radius 1 is 0.870 bits per heavy atom. The molecule has 1 aliphatic heterocycles. The van der Waals surface area contributed by atoms with Crippen molar-refractivity contribution in [3.05, 3.63) is 113 Å². The molecule has 46 heavy (non-hydrogen) atoms. The van der Waals surface area contributed by atoms with Crippen molar-refractivity contribution >= 4 is 29.0 Å². The lowest BCUT2D eigenvalue weighted by molar-refractivity contribution is -0.145. The maximum absolute atomic E-state index is 15.0. The molecule has 2 amide bonds. The van der Waals surface area contributed by atoms with E-state index in [0.29, 0.717) is 28.7 Å². The Balaban J connectivity index is 1.51. The molecule has 7 nitrogen and oxygen atoms in total. The number of likely N-dealkylation sites (tertiary alicyclic amines) is 1. The number of ketones is 2. The molecule has 6 unspecified atom stereocenters. The van der Waals surface area contributed by atoms with Crippen LogP contribution < -0.4 is 4.74 Å². The van der Waals surface area contributed by atoms with Crippen molar-refractivity contribution in [3.63, 3.8) is 0 Å². The lowest BCUT2D eigenvalue weighted by atomic mass is 9.44. The first-order valence-electron chi connectivity index (χ1n) is 15.9. The number of imide groups is 1. The van der Waals surface area contributed by atoms with Crippen LogP contribution >= 0.6 is 0 Å². The summed E-state index contributed by atoms with van der Waals surface area (Å²) in [5.41, 5.74) is 1.28. The number of Topliss-reactive ketones (excluding diaryl/α,β-unsaturated/α-hetero) is 1. The molecule has 2 fully saturated rings. The Hall–Kier alpha value is -4.78. The number of amides is 2. The first-order chi connectivity index (χ1) is 22.0. The normalized spacial score (nSPS) is 29.0. The summed E-state index contributed by atoms with van der Waals surface area (Å²) in [5, 5.41) is 10.6. The highest BCUT2D eigenvalue weighted by Gasteiger charge is 2.66. The van der Waals surface area contributed by atoms with E-state index in [0.717, 1.165) is 5.57 Å². The summed E-state index contributed by atoms with van der Waals surface area (Å²) in [6.45, 7) is 5.59. The highest BCUT2D eigenvalue weighted by molar-refractivity contribution is 6.31. The zero-order valence-corrected chi connectivity index (χ0v) is 26.4. The third-order valence-electron chi connectivity index (χ3n) is 10.6. The molecule has 1 heterocycles. The second-order valence-corrected chi connectivity index (χ2v) is 13.9. The topological polar surface area (TPSA) is 101 Å². The number of phenolic OH excluding ortho intramolecular Hbond substituents is 1. The number of hydrogen-bond acceptors (Lipinski definition) is 6. The van der Waals surface area contributed by atoms with Gasteiger partial charge in [-0.3, -0.25) is 24.1 Å². The molecule has 3 aromatic rings. The number of phenols is 1. The summed E-state index contributed by atoms with van der Waals surface area (Å²) in [5.74, 6) is -3.65. The van der Waals surface area contributed by atoms with Gasteiger partial charge in [-0.1, -0.05) is 78.4 Å². The van der Waals surface area contributed by atoms with E-state index < -0.39 is 40.5 Å². The van der Waals surface area contributed by atoms with E-state index in [1.165, 1.54) is 18.1 Å². The summed E-state index contributed by atoms with van der Waals surface area (Å²) < 4.78 is 5.52. The average molecular weight is 616 g/mol. The van der Waals surface area contributed by atoms with Gasteiger partial charge in [0.05, 0.1) is 24.4 Å². The molecule has 0 radical (unpaired) electrons. The van der Waals surface area contributed by atoms with E-state index in [1.807, 2.05) is 87.5 Å². The number of hydrogen-bond donors (Lipinski definition) is 1. The molecule has 7 rings (SSSR count). The number of methoxy groups -OCH3 is 1. The van der Waals surface area contributed by atoms with E-state index in [4.69, 9.17) is 4.74 Å². The fraction of sp³-hybridized carbons (Fsp3) is 0.333. The minimum absolute atomic E-state index is 0.0451. The first-order valence-corrected chi connectivity index (χ1v) is 15.9. The van der Waals surface area contributed by atoms with Crippen LogP contribution in [0.3, 0.4) is 0 Å². The number of ether oxygens (including phenoxy) is 1. The number of rotatable bonds is 4. The molecule has 3 aliphatic carbocycles. The molecular formula is C39H37NO6. The number of benzene rings is 3. The number of allylic oxidation sites excluding steroid dienone is 4. The molecular weight excluding hydrogens is 578 g/mol. The van der Waals surface area contributed by atoms with E-state index in [2.05, 4.69) is 0 Å². The number of fused-ring (bicyclic) bond motifs is 4. The predicted octanol–water partition coefficient (Wildman–Crippen LogP) is 6.02. The van der Waals surface area contributed by atoms with Gasteiger partial charge in [0.15, 0.2) is 23.1 Å². The van der Waals surface area contributed by atoms with Gasteiger partial charge in [-0.15, -0.1) is 0 Å². The standard InChI is InChI=1S/C39H37NO6/c1-38(2,3)40-36(44)26-17-16-25-28(33(26)37(40)45)20-29-35(43)27(22-11-7-5-8-12-22)21-32(42)39(29,24-13-9-6-10-14-24)34(25)23-15-18-30(41)31(19-23)46-4/h5-16,18-19,21,26,28-29,33-34,41H,17,20H2,1-4H3. The summed E-state index contributed by atoms with van der Waals surface area (Å²) in [6.07, 6.45) is 4.16. The molecule has 3 aromatic carbocycles. The molecule has 1 N–H and O–H groups in total. The van der Waals surface area contributed by atoms with Crippen molar-refractivity contribution in [3.8, 4) is 11.5 Å². The van der Waals surface area contributed by atoms with Crippen LogP contribution in [0, 0.1) is 23.7 Å². The van der Waals surface area contributed by atoms with Gasteiger partial charge in [-0.2, -0.15) is 0 Å². The van der Waals surface area contributed by atoms with Crippen LogP contribution in [0.5, 0.6) is 11.5 Å². The van der Waals surface area contributed by atoms with Gasteiger partial charge in [0.25, 0.3) is 0 Å². The van der Waals surface area contributed by atoms with Gasteiger partial charge in [0, 0.05) is 22.9 Å². The lowest BCUT2D eigenvalue weighted by Gasteiger charge is -2.55. The van der Waals surface area contributed by atoms with Gasteiger partial charge in [0.1, 0.15) is 0 Å². The van der Waals surface area contributed by atoms with Crippen molar-refractivity contribution in [2.24, 2.45) is 23.7 Å². The Bertz CT molecular complexity index is 1830. The number of nitrogens with zero attached hydrogens (tertiary/aromatic N) is 1. The van der Waals surface area contributed by atoms with Crippen molar-refractivity contribution in [1.82, 2.24) is 4.90 Å². The van der Waals surface area contributed by atoms with Crippen LogP contribution in [-0.2, 0) is 24.6 Å². The third kappa shape index (κ3) is 4.17. The van der Waals surface area contributed by atoms with Gasteiger partial charge >= 0.3 is 0 Å². The Labute approximate surface area is 268 Å². The highest BCUT2D eigenvalue weighted by Crippen LogP contribution is 2.64. The van der Waals surface area contributed by atoms with Gasteiger partial charge in [-0.05, 0) is 74.4 Å². The first kappa shape index (κ1) is 29.9. The minimum Gasteiger partial charge on any atom is -0.504 e. The molecule has 234 valence electrons. The van der Waals surface area contributed by atoms with E-state index >= 15 is 4.79 Å². The Kier molecular flexibility index (Phi) is 6.92. The largest absolute Gasteiger partial charge is 0.504 e. The SMILES string of the molecule is COc1cc(C2C3=CCC4C(=O)N(C(C)(C)C)C(=O)C4C3CC3C(=O)C(c4ccccc4)=CC(=O)C32c2ccccc2)ccc1O. The molecule has 1 saturated carbocycles. The van der Waals surface area contributed by atoms with E-state index in [9.17, 15) is 19.5 Å². The van der Waals surface area contributed by atoms with Crippen LogP contribution in [0.15, 0.2) is 96.6 Å². The van der Waals surface area contributed by atoms with Crippen LogP contribution in [0.1, 0.15) is 56.2 Å². The van der Waals surface area contributed by atoms with Crippen LogP contribution in [0.4, 0.5) is 0 Å². The van der Waals surface area contributed by atoms with Crippen molar-refractivity contribution in [1.29, 1.82) is 0 Å². The lowest BCUT2D eigenvalue weighted by Crippen LogP contribution is -2.59. The van der Waals surface area contributed by atoms with Crippen LogP contribution in [0.25, 0.3) is 5.57 Å². The highest BCUT2D eigenvalue weighted by atomic mass is 16.5. The van der Waals surface area contributed by atoms with Gasteiger partial charge < -0.3 is 9.84 Å². The monoisotopic (exact) mass is 615 g/mol. The van der Waals surface area contributed by atoms with Crippen molar-refractivity contribution in [2.75, 3.05) is 7.11 Å². The second-order valence-electron chi connectivity index (χ2n) is 13.9. The van der Waals surface area contributed by atoms with Crippen LogP contribution in [0.2, 0.25) is 0 Å². The summed E-state index contributed by atoms with van der Waals surface area (Å²) >= 11 is 0. The van der Waals surface area contributed by atoms with Gasteiger partial charge in [0.2, 0.25) is 11.8 Å². The molecule has 1 saturated heterocycles. The number of carbonyl (C=O) groups excluding carboxylic acids is 4. The summed E-state index contributed by atoms with van der Waals surface area (Å²) in [7, 11) is 1.47. The van der Waals surface area contributed by atoms with Crippen molar-refractivity contribution in [2.45, 2.75) is 50.5 Å². The van der Waals surface area contributed by atoms with Crippen molar-refractivity contribution < 1.29 is 29.0 Å². The molecule has 0 aromatic heterocycles. The zero-order chi connectivity index (χ0) is 32.5. The molecule has 0 bridgehead atoms. The Morgan fingerprint density at radius 3 is 2.20 bits per heavy atom. The fourth-order valence-electron chi connectivity index (χ4n) is 8.78. The predicted molar refractivity (Wildman–Crippen MR) is 173 cm³/mol. The quantitative estimate of drug-likeness (QED) is 0.285. The second kappa shape index (κ2) is 10.6. The maximum Gasteiger partial charge on any atom is 0.234 e. The molecule has 7 heteroatoms. The summed E-state index contributed by atoms with van der Waals surface area (Å²) in [4.78, 5) is 59.3. The summed E-state index contributed by atoms with van der Waals surface area (Å²) in [6, 6.07) is 23.7. The van der Waals surface area contributed by atoms with E-state index in [1.54, 1.807) is 18.2 Å². The van der Waals surface area contributed by atoms with E-state index in [-0.39, 0.29) is 41.3 Å². The third-order valence-corrected chi connectivity index (χ3v) is 10.6. The number of aromatic hydroxyl groups is 1. The molecule has 0 spiro atoms. The minimum atomic E-state index is -1.33. The average Bonchev–Trinajstić information content (AvgIpc) is 3.32. The van der Waals surface area contributed by atoms with Gasteiger partial charge in [-0.25, -0.2) is 0 Å². The maximum atomic E-state index is 15.0. The number of carbonyl (C=O) groups is 4. The van der Waals surface area contributed by atoms with Crippen LogP contribution in [-0.4, -0.2) is 46.0 Å². The zero-order valence-electron chi connectivity index (χ0n) is 26.4. The fourth-order valence-corrected chi connectivity index (χ4v) is 8.78. The smallest absolute Gasteiger partial charge is 0.234 e. The Morgan fingerprint density at radius 2 is 1.54 bits per heavy atom. The molecule has 4 aliphatic rings. The molecule has 6 atom stereocenters.